The third kappa shape index (κ3) is 4.50. The van der Waals surface area contributed by atoms with Gasteiger partial charge in [-0.2, -0.15) is 0 Å². The molecule has 2 N–H and O–H groups in total. The van der Waals surface area contributed by atoms with E-state index in [1.54, 1.807) is 31.2 Å². The fourth-order valence-corrected chi connectivity index (χ4v) is 4.91. The molecule has 1 atom stereocenters. The maximum Gasteiger partial charge on any atom is 0.342 e. The van der Waals surface area contributed by atoms with E-state index in [1.165, 1.54) is 43.4 Å². The zero-order chi connectivity index (χ0) is 25.4. The highest BCUT2D eigenvalue weighted by Crippen LogP contribution is 2.33. The second-order valence-corrected chi connectivity index (χ2v) is 9.39. The van der Waals surface area contributed by atoms with E-state index in [2.05, 4.69) is 10.6 Å². The number of rotatable bonds is 5. The highest BCUT2D eigenvalue weighted by atomic mass is 32.1. The molecule has 1 aliphatic rings. The largest absolute Gasteiger partial charge is 0.449 e. The minimum absolute atomic E-state index is 0.195. The van der Waals surface area contributed by atoms with Gasteiger partial charge in [-0.1, -0.05) is 24.3 Å². The minimum Gasteiger partial charge on any atom is -0.449 e. The van der Waals surface area contributed by atoms with Gasteiger partial charge >= 0.3 is 5.97 Å². The highest BCUT2D eigenvalue weighted by molar-refractivity contribution is 7.16. The SMILES string of the molecule is CC(=O)Nc1sc(C)c(C)c1C(=O)OC(C)C(=O)Nc1ccc2c(c1)C(=O)c1ccccc1C2=O. The van der Waals surface area contributed by atoms with Crippen molar-refractivity contribution in [3.8, 4) is 0 Å². The Kier molecular flexibility index (Phi) is 6.36. The lowest BCUT2D eigenvalue weighted by atomic mass is 9.84. The van der Waals surface area contributed by atoms with Crippen LogP contribution in [0.5, 0.6) is 0 Å². The summed E-state index contributed by atoms with van der Waals surface area (Å²) in [6.07, 6.45) is -1.17. The summed E-state index contributed by atoms with van der Waals surface area (Å²) in [6, 6.07) is 11.0. The van der Waals surface area contributed by atoms with E-state index in [0.29, 0.717) is 27.4 Å². The van der Waals surface area contributed by atoms with Gasteiger partial charge < -0.3 is 15.4 Å². The lowest BCUT2D eigenvalue weighted by Gasteiger charge is -2.19. The number of hydrogen-bond donors (Lipinski definition) is 2. The smallest absolute Gasteiger partial charge is 0.342 e. The molecular weight excluding hydrogens is 468 g/mol. The summed E-state index contributed by atoms with van der Waals surface area (Å²) in [5.74, 6) is -2.24. The van der Waals surface area contributed by atoms with Crippen LogP contribution in [-0.2, 0) is 14.3 Å². The monoisotopic (exact) mass is 490 g/mol. The molecule has 1 aliphatic carbocycles. The lowest BCUT2D eigenvalue weighted by Crippen LogP contribution is -2.30. The molecule has 0 spiro atoms. The van der Waals surface area contributed by atoms with Crippen molar-refractivity contribution in [2.75, 3.05) is 10.6 Å². The topological polar surface area (TPSA) is 119 Å². The number of thiophene rings is 1. The molecule has 0 aliphatic heterocycles. The van der Waals surface area contributed by atoms with Gasteiger partial charge in [0.2, 0.25) is 5.91 Å². The normalized spacial score (nSPS) is 12.9. The number of hydrogen-bond acceptors (Lipinski definition) is 7. The first-order valence-electron chi connectivity index (χ1n) is 10.8. The van der Waals surface area contributed by atoms with E-state index in [1.807, 2.05) is 6.92 Å². The number of carbonyl (C=O) groups is 5. The van der Waals surface area contributed by atoms with E-state index in [0.717, 1.165) is 4.88 Å². The van der Waals surface area contributed by atoms with Crippen molar-refractivity contribution in [2.24, 2.45) is 0 Å². The Morgan fingerprint density at radius 3 is 2.11 bits per heavy atom. The van der Waals surface area contributed by atoms with Gasteiger partial charge in [-0.25, -0.2) is 4.79 Å². The number of ketones is 2. The predicted octanol–water partition coefficient (Wildman–Crippen LogP) is 4.28. The lowest BCUT2D eigenvalue weighted by molar-refractivity contribution is -0.123. The Morgan fingerprint density at radius 1 is 0.886 bits per heavy atom. The molecule has 0 bridgehead atoms. The van der Waals surface area contributed by atoms with Crippen LogP contribution in [0.15, 0.2) is 42.5 Å². The molecule has 1 unspecified atom stereocenters. The summed E-state index contributed by atoms with van der Waals surface area (Å²) in [5, 5.41) is 5.61. The van der Waals surface area contributed by atoms with Crippen LogP contribution < -0.4 is 10.6 Å². The number of fused-ring (bicyclic) bond motifs is 2. The fraction of sp³-hybridized carbons (Fsp3) is 0.192. The van der Waals surface area contributed by atoms with Crippen molar-refractivity contribution in [3.63, 3.8) is 0 Å². The van der Waals surface area contributed by atoms with Gasteiger partial charge in [0.25, 0.3) is 5.91 Å². The van der Waals surface area contributed by atoms with Gasteiger partial charge in [-0.3, -0.25) is 19.2 Å². The number of ether oxygens (including phenoxy) is 1. The first-order valence-corrected chi connectivity index (χ1v) is 11.6. The number of nitrogens with one attached hydrogen (secondary N) is 2. The van der Waals surface area contributed by atoms with Crippen LogP contribution in [0.25, 0.3) is 0 Å². The van der Waals surface area contributed by atoms with Gasteiger partial charge in [-0.05, 0) is 44.5 Å². The molecule has 8 nitrogen and oxygen atoms in total. The van der Waals surface area contributed by atoms with Gasteiger partial charge in [0.05, 0.1) is 5.56 Å². The molecule has 0 radical (unpaired) electrons. The number of aryl methyl sites for hydroxylation is 1. The molecule has 3 aromatic rings. The zero-order valence-corrected chi connectivity index (χ0v) is 20.3. The first kappa shape index (κ1) is 24.0. The van der Waals surface area contributed by atoms with E-state index in [-0.39, 0.29) is 34.2 Å². The Labute approximate surface area is 205 Å². The highest BCUT2D eigenvalue weighted by Gasteiger charge is 2.30. The number of benzene rings is 2. The van der Waals surface area contributed by atoms with Crippen LogP contribution in [0.4, 0.5) is 10.7 Å². The molecule has 0 fully saturated rings. The summed E-state index contributed by atoms with van der Waals surface area (Å²) in [7, 11) is 0. The second kappa shape index (κ2) is 9.27. The molecule has 2 aromatic carbocycles. The van der Waals surface area contributed by atoms with E-state index in [9.17, 15) is 24.0 Å². The van der Waals surface area contributed by atoms with Crippen molar-refractivity contribution < 1.29 is 28.7 Å². The van der Waals surface area contributed by atoms with Crippen LogP contribution in [-0.4, -0.2) is 35.5 Å². The number of carbonyl (C=O) groups excluding carboxylic acids is 5. The molecular formula is C26H22N2O6S. The molecule has 0 saturated carbocycles. The molecule has 1 aromatic heterocycles. The fourth-order valence-electron chi connectivity index (χ4n) is 3.81. The number of amides is 2. The quantitative estimate of drug-likeness (QED) is 0.403. The van der Waals surface area contributed by atoms with E-state index < -0.39 is 18.0 Å². The van der Waals surface area contributed by atoms with Crippen molar-refractivity contribution in [2.45, 2.75) is 33.8 Å². The molecule has 35 heavy (non-hydrogen) atoms. The van der Waals surface area contributed by atoms with Crippen LogP contribution in [0, 0.1) is 13.8 Å². The molecule has 178 valence electrons. The maximum absolute atomic E-state index is 12.9. The summed E-state index contributed by atoms with van der Waals surface area (Å²) in [6.45, 7) is 6.31. The molecule has 2 amide bonds. The van der Waals surface area contributed by atoms with Gasteiger partial charge in [-0.15, -0.1) is 11.3 Å². The predicted molar refractivity (Wildman–Crippen MR) is 131 cm³/mol. The maximum atomic E-state index is 12.9. The summed E-state index contributed by atoms with van der Waals surface area (Å²) in [4.78, 5) is 63.5. The van der Waals surface area contributed by atoms with E-state index in [4.69, 9.17) is 4.74 Å². The Bertz CT molecular complexity index is 1420. The van der Waals surface area contributed by atoms with Crippen molar-refractivity contribution in [1.29, 1.82) is 0 Å². The average molecular weight is 491 g/mol. The minimum atomic E-state index is -1.17. The Balaban J connectivity index is 1.50. The molecule has 0 saturated heterocycles. The van der Waals surface area contributed by atoms with Gasteiger partial charge in [0, 0.05) is 39.7 Å². The summed E-state index contributed by atoms with van der Waals surface area (Å²) in [5.41, 5.74) is 2.28. The molecule has 4 rings (SSSR count). The Morgan fingerprint density at radius 2 is 1.49 bits per heavy atom. The molecule has 1 heterocycles. The standard InChI is InChI=1S/C26H22N2O6S/c1-12-14(3)35-25(27-15(4)29)21(12)26(33)34-13(2)24(32)28-16-9-10-19-20(11-16)23(31)18-8-6-5-7-17(18)22(19)30/h5-11,13H,1-4H3,(H,27,29)(H,28,32). The zero-order valence-electron chi connectivity index (χ0n) is 19.5. The third-order valence-electron chi connectivity index (χ3n) is 5.72. The van der Waals surface area contributed by atoms with Gasteiger partial charge in [0.1, 0.15) is 5.00 Å². The van der Waals surface area contributed by atoms with Crippen molar-refractivity contribution in [3.05, 3.63) is 80.7 Å². The number of anilines is 2. The Hall–Kier alpha value is -4.11. The van der Waals surface area contributed by atoms with Crippen LogP contribution in [0.1, 0.15) is 66.5 Å². The molecule has 9 heteroatoms. The van der Waals surface area contributed by atoms with Gasteiger partial charge in [0.15, 0.2) is 17.7 Å². The summed E-state index contributed by atoms with van der Waals surface area (Å²) >= 11 is 1.25. The first-order chi connectivity index (χ1) is 16.6. The second-order valence-electron chi connectivity index (χ2n) is 8.17. The van der Waals surface area contributed by atoms with Crippen LogP contribution >= 0.6 is 11.3 Å². The van der Waals surface area contributed by atoms with Crippen LogP contribution in [0.3, 0.4) is 0 Å². The summed E-state index contributed by atoms with van der Waals surface area (Å²) < 4.78 is 5.37. The van der Waals surface area contributed by atoms with Crippen molar-refractivity contribution >= 4 is 51.4 Å². The number of esters is 1. The van der Waals surface area contributed by atoms with Crippen molar-refractivity contribution in [1.82, 2.24) is 0 Å². The average Bonchev–Trinajstić information content (AvgIpc) is 3.09. The van der Waals surface area contributed by atoms with E-state index >= 15 is 0 Å². The van der Waals surface area contributed by atoms with Crippen LogP contribution in [0.2, 0.25) is 0 Å². The third-order valence-corrected chi connectivity index (χ3v) is 6.85.